The first kappa shape index (κ1) is 17.9. The molecule has 5 nitrogen and oxygen atoms in total. The monoisotopic (exact) mass is 344 g/mol. The summed E-state index contributed by atoms with van der Waals surface area (Å²) in [5, 5.41) is 0. The summed E-state index contributed by atoms with van der Waals surface area (Å²) in [7, 11) is 1.61. The number of methoxy groups -OCH3 is 1. The molecule has 0 atom stereocenters. The van der Waals surface area contributed by atoms with Gasteiger partial charge in [-0.3, -0.25) is 9.59 Å². The van der Waals surface area contributed by atoms with Crippen molar-refractivity contribution >= 4 is 11.7 Å². The molecule has 2 N–H and O–H groups in total. The van der Waals surface area contributed by atoms with Crippen molar-refractivity contribution in [2.75, 3.05) is 20.2 Å². The predicted octanol–water partition coefficient (Wildman–Crippen LogP) is 2.78. The number of hydrogen-bond donors (Lipinski definition) is 1. The van der Waals surface area contributed by atoms with Crippen molar-refractivity contribution in [3.05, 3.63) is 29.8 Å². The van der Waals surface area contributed by atoms with Crippen molar-refractivity contribution in [2.45, 2.75) is 50.5 Å². The van der Waals surface area contributed by atoms with Crippen LogP contribution in [0.4, 0.5) is 0 Å². The molecular formula is C20H28N2O3. The van der Waals surface area contributed by atoms with E-state index in [1.807, 2.05) is 29.2 Å². The predicted molar refractivity (Wildman–Crippen MR) is 96.6 cm³/mol. The summed E-state index contributed by atoms with van der Waals surface area (Å²) in [4.78, 5) is 27.3. The molecular weight excluding hydrogens is 316 g/mol. The zero-order valence-electron chi connectivity index (χ0n) is 15.0. The SMILES string of the molecule is COc1ccc(C(=O)C2CCN(C(=O)C3(N)CCCCC3)CC2)cc1. The molecule has 0 spiro atoms. The van der Waals surface area contributed by atoms with E-state index in [-0.39, 0.29) is 17.6 Å². The van der Waals surface area contributed by atoms with E-state index in [0.717, 1.165) is 31.4 Å². The average Bonchev–Trinajstić information content (AvgIpc) is 2.67. The highest BCUT2D eigenvalue weighted by atomic mass is 16.5. The first-order valence-electron chi connectivity index (χ1n) is 9.30. The minimum atomic E-state index is -0.676. The largest absolute Gasteiger partial charge is 0.497 e. The van der Waals surface area contributed by atoms with Crippen LogP contribution in [0, 0.1) is 5.92 Å². The lowest BCUT2D eigenvalue weighted by Crippen LogP contribution is -2.57. The second-order valence-corrected chi connectivity index (χ2v) is 7.38. The van der Waals surface area contributed by atoms with E-state index in [2.05, 4.69) is 0 Å². The first-order chi connectivity index (χ1) is 12.0. The van der Waals surface area contributed by atoms with Crippen molar-refractivity contribution < 1.29 is 14.3 Å². The van der Waals surface area contributed by atoms with Gasteiger partial charge in [0.1, 0.15) is 5.75 Å². The summed E-state index contributed by atoms with van der Waals surface area (Å²) in [6, 6.07) is 7.26. The van der Waals surface area contributed by atoms with Gasteiger partial charge >= 0.3 is 0 Å². The number of amides is 1. The van der Waals surface area contributed by atoms with Gasteiger partial charge in [-0.2, -0.15) is 0 Å². The molecule has 5 heteroatoms. The fourth-order valence-corrected chi connectivity index (χ4v) is 4.05. The van der Waals surface area contributed by atoms with E-state index in [0.29, 0.717) is 31.5 Å². The second kappa shape index (κ2) is 7.56. The zero-order valence-corrected chi connectivity index (χ0v) is 15.0. The summed E-state index contributed by atoms with van der Waals surface area (Å²) < 4.78 is 5.13. The highest BCUT2D eigenvalue weighted by molar-refractivity contribution is 5.98. The highest BCUT2D eigenvalue weighted by Gasteiger charge is 2.40. The Morgan fingerprint density at radius 2 is 1.68 bits per heavy atom. The molecule has 1 aromatic rings. The van der Waals surface area contributed by atoms with Crippen LogP contribution in [0.5, 0.6) is 5.75 Å². The summed E-state index contributed by atoms with van der Waals surface area (Å²) in [5.41, 5.74) is 6.42. The molecule has 1 saturated heterocycles. The van der Waals surface area contributed by atoms with Crippen molar-refractivity contribution in [1.29, 1.82) is 0 Å². The minimum absolute atomic E-state index is 0.0162. The van der Waals surface area contributed by atoms with Crippen LogP contribution < -0.4 is 10.5 Å². The van der Waals surface area contributed by atoms with Gasteiger partial charge in [-0.05, 0) is 49.9 Å². The van der Waals surface area contributed by atoms with Crippen molar-refractivity contribution in [3.63, 3.8) is 0 Å². The third-order valence-electron chi connectivity index (χ3n) is 5.70. The molecule has 136 valence electrons. The lowest BCUT2D eigenvalue weighted by atomic mass is 9.80. The van der Waals surface area contributed by atoms with Crippen LogP contribution in [-0.4, -0.2) is 42.3 Å². The molecule has 1 aliphatic heterocycles. The molecule has 3 rings (SSSR count). The van der Waals surface area contributed by atoms with Crippen molar-refractivity contribution in [1.82, 2.24) is 4.90 Å². The van der Waals surface area contributed by atoms with Crippen LogP contribution in [0.25, 0.3) is 0 Å². The van der Waals surface area contributed by atoms with Crippen LogP contribution in [0.1, 0.15) is 55.3 Å². The topological polar surface area (TPSA) is 72.6 Å². The summed E-state index contributed by atoms with van der Waals surface area (Å²) >= 11 is 0. The zero-order chi connectivity index (χ0) is 17.9. The third kappa shape index (κ3) is 3.87. The number of carbonyl (C=O) groups excluding carboxylic acids is 2. The molecule has 2 aliphatic rings. The summed E-state index contributed by atoms with van der Waals surface area (Å²) in [5.74, 6) is 0.979. The van der Waals surface area contributed by atoms with Gasteiger partial charge in [0.15, 0.2) is 5.78 Å². The maximum atomic E-state index is 12.8. The Hall–Kier alpha value is -1.88. The molecule has 0 bridgehead atoms. The van der Waals surface area contributed by atoms with Crippen molar-refractivity contribution in [2.24, 2.45) is 11.7 Å². The molecule has 1 amide bonds. The van der Waals surface area contributed by atoms with Crippen LogP contribution in [0.15, 0.2) is 24.3 Å². The Labute approximate surface area is 149 Å². The molecule has 1 aliphatic carbocycles. The van der Waals surface area contributed by atoms with E-state index >= 15 is 0 Å². The summed E-state index contributed by atoms with van der Waals surface area (Å²) in [6.45, 7) is 1.26. The number of benzene rings is 1. The van der Waals surface area contributed by atoms with Crippen LogP contribution >= 0.6 is 0 Å². The van der Waals surface area contributed by atoms with Crippen LogP contribution in [0.2, 0.25) is 0 Å². The van der Waals surface area contributed by atoms with Gasteiger partial charge in [0.25, 0.3) is 0 Å². The van der Waals surface area contributed by atoms with Gasteiger partial charge in [-0.15, -0.1) is 0 Å². The van der Waals surface area contributed by atoms with Crippen LogP contribution in [-0.2, 0) is 4.79 Å². The standard InChI is InChI=1S/C20H28N2O3/c1-25-17-7-5-15(6-8-17)18(23)16-9-13-22(14-10-16)19(24)20(21)11-3-2-4-12-20/h5-8,16H,2-4,9-14,21H2,1H3. The van der Waals surface area contributed by atoms with E-state index in [4.69, 9.17) is 10.5 Å². The number of hydrogen-bond acceptors (Lipinski definition) is 4. The third-order valence-corrected chi connectivity index (χ3v) is 5.70. The number of ketones is 1. The molecule has 25 heavy (non-hydrogen) atoms. The van der Waals surface area contributed by atoms with Crippen LogP contribution in [0.3, 0.4) is 0 Å². The average molecular weight is 344 g/mol. The number of rotatable bonds is 4. The number of piperidine rings is 1. The summed E-state index contributed by atoms with van der Waals surface area (Å²) in [6.07, 6.45) is 6.25. The maximum Gasteiger partial charge on any atom is 0.242 e. The van der Waals surface area contributed by atoms with E-state index in [9.17, 15) is 9.59 Å². The molecule has 0 aromatic heterocycles. The quantitative estimate of drug-likeness (QED) is 0.853. The minimum Gasteiger partial charge on any atom is -0.497 e. The van der Waals surface area contributed by atoms with E-state index < -0.39 is 5.54 Å². The fourth-order valence-electron chi connectivity index (χ4n) is 4.05. The Kier molecular flexibility index (Phi) is 5.42. The number of Topliss-reactive ketones (excluding diaryl/α,β-unsaturated/α-hetero) is 1. The van der Waals surface area contributed by atoms with Gasteiger partial charge in [0.05, 0.1) is 12.6 Å². The lowest BCUT2D eigenvalue weighted by molar-refractivity contribution is -0.139. The van der Waals surface area contributed by atoms with E-state index in [1.54, 1.807) is 7.11 Å². The Balaban J connectivity index is 1.57. The number of nitrogens with zero attached hydrogens (tertiary/aromatic N) is 1. The maximum absolute atomic E-state index is 12.8. The van der Waals surface area contributed by atoms with E-state index in [1.165, 1.54) is 6.42 Å². The number of likely N-dealkylation sites (tertiary alicyclic amines) is 1. The number of ether oxygens (including phenoxy) is 1. The fraction of sp³-hybridized carbons (Fsp3) is 0.600. The van der Waals surface area contributed by atoms with Gasteiger partial charge in [-0.25, -0.2) is 0 Å². The molecule has 1 heterocycles. The Bertz CT molecular complexity index is 612. The lowest BCUT2D eigenvalue weighted by Gasteiger charge is -2.39. The molecule has 0 unspecified atom stereocenters. The van der Waals surface area contributed by atoms with Gasteiger partial charge < -0.3 is 15.4 Å². The number of nitrogens with two attached hydrogens (primary N) is 1. The second-order valence-electron chi connectivity index (χ2n) is 7.38. The Morgan fingerprint density at radius 3 is 2.24 bits per heavy atom. The normalized spacial score (nSPS) is 21.0. The molecule has 0 radical (unpaired) electrons. The first-order valence-corrected chi connectivity index (χ1v) is 9.30. The van der Waals surface area contributed by atoms with Crippen molar-refractivity contribution in [3.8, 4) is 5.75 Å². The number of carbonyl (C=O) groups is 2. The highest BCUT2D eigenvalue weighted by Crippen LogP contribution is 2.30. The smallest absolute Gasteiger partial charge is 0.242 e. The van der Waals surface area contributed by atoms with Gasteiger partial charge in [0, 0.05) is 24.6 Å². The van der Waals surface area contributed by atoms with Gasteiger partial charge in [0.2, 0.25) is 5.91 Å². The molecule has 1 aromatic carbocycles. The Morgan fingerprint density at radius 1 is 1.08 bits per heavy atom. The van der Waals surface area contributed by atoms with Gasteiger partial charge in [-0.1, -0.05) is 19.3 Å². The molecule has 1 saturated carbocycles. The molecule has 2 fully saturated rings.